The van der Waals surface area contributed by atoms with Crippen LogP contribution in [0.5, 0.6) is 0 Å². The molecule has 0 saturated carbocycles. The monoisotopic (exact) mass is 216 g/mol. The standard InChI is InChI=1S/C10H20N2O3/c1-3-4-8(11)10(15)12-6-7(2)5-9(13)14/h7-8H,3-6,11H2,1-2H3,(H,12,15)(H,13,14)/t7?,8-/m0/s1. The Morgan fingerprint density at radius 3 is 2.53 bits per heavy atom. The van der Waals surface area contributed by atoms with Crippen molar-refractivity contribution in [2.45, 2.75) is 39.2 Å². The van der Waals surface area contributed by atoms with Gasteiger partial charge in [0.15, 0.2) is 0 Å². The largest absolute Gasteiger partial charge is 0.481 e. The first-order valence-corrected chi connectivity index (χ1v) is 5.22. The second kappa shape index (κ2) is 7.23. The van der Waals surface area contributed by atoms with Crippen LogP contribution >= 0.6 is 0 Å². The van der Waals surface area contributed by atoms with E-state index < -0.39 is 12.0 Å². The van der Waals surface area contributed by atoms with Crippen molar-refractivity contribution < 1.29 is 14.7 Å². The van der Waals surface area contributed by atoms with Crippen LogP contribution in [0.3, 0.4) is 0 Å². The Kier molecular flexibility index (Phi) is 6.70. The number of carboxylic acids is 1. The van der Waals surface area contributed by atoms with E-state index in [2.05, 4.69) is 5.32 Å². The van der Waals surface area contributed by atoms with Gasteiger partial charge in [0.05, 0.1) is 6.04 Å². The summed E-state index contributed by atoms with van der Waals surface area (Å²) in [5, 5.41) is 11.2. The molecule has 0 rings (SSSR count). The Balaban J connectivity index is 3.74. The van der Waals surface area contributed by atoms with Gasteiger partial charge in [-0.25, -0.2) is 0 Å². The van der Waals surface area contributed by atoms with Crippen LogP contribution in [-0.2, 0) is 9.59 Å². The predicted octanol–water partition coefficient (Wildman–Crippen LogP) is 0.341. The van der Waals surface area contributed by atoms with Gasteiger partial charge in [0, 0.05) is 13.0 Å². The number of carbonyl (C=O) groups is 2. The highest BCUT2D eigenvalue weighted by Crippen LogP contribution is 2.00. The third-order valence-electron chi connectivity index (χ3n) is 2.08. The molecule has 1 unspecified atom stereocenters. The van der Waals surface area contributed by atoms with Gasteiger partial charge in [-0.15, -0.1) is 0 Å². The van der Waals surface area contributed by atoms with Gasteiger partial charge in [0.2, 0.25) is 5.91 Å². The number of rotatable bonds is 7. The molecular formula is C10H20N2O3. The molecule has 5 heteroatoms. The van der Waals surface area contributed by atoms with Gasteiger partial charge >= 0.3 is 5.97 Å². The van der Waals surface area contributed by atoms with Crippen molar-refractivity contribution in [2.75, 3.05) is 6.54 Å². The van der Waals surface area contributed by atoms with Crippen LogP contribution < -0.4 is 11.1 Å². The molecule has 1 amide bonds. The molecule has 0 aromatic carbocycles. The molecule has 5 nitrogen and oxygen atoms in total. The van der Waals surface area contributed by atoms with E-state index in [1.54, 1.807) is 6.92 Å². The Morgan fingerprint density at radius 2 is 2.07 bits per heavy atom. The Hall–Kier alpha value is -1.10. The molecule has 0 heterocycles. The van der Waals surface area contributed by atoms with Crippen LogP contribution in [0, 0.1) is 5.92 Å². The zero-order chi connectivity index (χ0) is 11.8. The molecule has 2 atom stereocenters. The lowest BCUT2D eigenvalue weighted by atomic mass is 10.1. The maximum Gasteiger partial charge on any atom is 0.303 e. The maximum absolute atomic E-state index is 11.3. The van der Waals surface area contributed by atoms with Crippen LogP contribution in [0.4, 0.5) is 0 Å². The van der Waals surface area contributed by atoms with Gasteiger partial charge in [0.25, 0.3) is 0 Å². The van der Waals surface area contributed by atoms with E-state index in [4.69, 9.17) is 10.8 Å². The van der Waals surface area contributed by atoms with Crippen molar-refractivity contribution in [2.24, 2.45) is 11.7 Å². The average Bonchev–Trinajstić information content (AvgIpc) is 2.13. The van der Waals surface area contributed by atoms with E-state index in [9.17, 15) is 9.59 Å². The summed E-state index contributed by atoms with van der Waals surface area (Å²) in [4.78, 5) is 21.7. The Morgan fingerprint density at radius 1 is 1.47 bits per heavy atom. The molecule has 0 spiro atoms. The first-order chi connectivity index (χ1) is 6.97. The number of carbonyl (C=O) groups excluding carboxylic acids is 1. The molecule has 0 aromatic rings. The van der Waals surface area contributed by atoms with Crippen molar-refractivity contribution in [1.82, 2.24) is 5.32 Å². The fraction of sp³-hybridized carbons (Fsp3) is 0.800. The minimum atomic E-state index is -0.852. The number of aliphatic carboxylic acids is 1. The molecule has 88 valence electrons. The smallest absolute Gasteiger partial charge is 0.303 e. The lowest BCUT2D eigenvalue weighted by Gasteiger charge is -2.13. The molecule has 15 heavy (non-hydrogen) atoms. The topological polar surface area (TPSA) is 92.4 Å². The first kappa shape index (κ1) is 13.9. The molecule has 0 aliphatic rings. The first-order valence-electron chi connectivity index (χ1n) is 5.22. The van der Waals surface area contributed by atoms with E-state index in [0.717, 1.165) is 6.42 Å². The van der Waals surface area contributed by atoms with Crippen molar-refractivity contribution in [3.05, 3.63) is 0 Å². The van der Waals surface area contributed by atoms with Crippen LogP contribution in [0.25, 0.3) is 0 Å². The maximum atomic E-state index is 11.3. The summed E-state index contributed by atoms with van der Waals surface area (Å²) < 4.78 is 0. The van der Waals surface area contributed by atoms with Crippen LogP contribution in [0.2, 0.25) is 0 Å². The second-order valence-corrected chi connectivity index (χ2v) is 3.84. The van der Waals surface area contributed by atoms with Gasteiger partial charge < -0.3 is 16.2 Å². The number of nitrogens with one attached hydrogen (secondary N) is 1. The number of hydrogen-bond donors (Lipinski definition) is 3. The zero-order valence-electron chi connectivity index (χ0n) is 9.32. The van der Waals surface area contributed by atoms with Gasteiger partial charge in [-0.2, -0.15) is 0 Å². The molecule has 0 fully saturated rings. The normalized spacial score (nSPS) is 14.3. The fourth-order valence-corrected chi connectivity index (χ4v) is 1.22. The van der Waals surface area contributed by atoms with E-state index >= 15 is 0 Å². The summed E-state index contributed by atoms with van der Waals surface area (Å²) in [5.74, 6) is -1.12. The summed E-state index contributed by atoms with van der Waals surface area (Å²) in [6, 6.07) is -0.480. The molecule has 4 N–H and O–H groups in total. The van der Waals surface area contributed by atoms with Crippen LogP contribution in [-0.4, -0.2) is 29.6 Å². The van der Waals surface area contributed by atoms with E-state index in [-0.39, 0.29) is 18.2 Å². The number of hydrogen-bond acceptors (Lipinski definition) is 3. The minimum absolute atomic E-state index is 0.0588. The lowest BCUT2D eigenvalue weighted by molar-refractivity contribution is -0.138. The van der Waals surface area contributed by atoms with Crippen molar-refractivity contribution >= 4 is 11.9 Å². The van der Waals surface area contributed by atoms with E-state index in [0.29, 0.717) is 13.0 Å². The average molecular weight is 216 g/mol. The molecule has 0 radical (unpaired) electrons. The number of nitrogens with two attached hydrogens (primary N) is 1. The molecule has 0 bridgehead atoms. The zero-order valence-corrected chi connectivity index (χ0v) is 9.32. The predicted molar refractivity (Wildman–Crippen MR) is 57.3 cm³/mol. The molecule has 0 aromatic heterocycles. The fourth-order valence-electron chi connectivity index (χ4n) is 1.22. The third-order valence-corrected chi connectivity index (χ3v) is 2.08. The Bertz CT molecular complexity index is 219. The summed E-state index contributed by atoms with van der Waals surface area (Å²) in [5.41, 5.74) is 5.59. The van der Waals surface area contributed by atoms with Crippen molar-refractivity contribution in [3.8, 4) is 0 Å². The van der Waals surface area contributed by atoms with E-state index in [1.165, 1.54) is 0 Å². The second-order valence-electron chi connectivity index (χ2n) is 3.84. The Labute approximate surface area is 90.0 Å². The van der Waals surface area contributed by atoms with Crippen molar-refractivity contribution in [3.63, 3.8) is 0 Å². The highest BCUT2D eigenvalue weighted by molar-refractivity contribution is 5.81. The van der Waals surface area contributed by atoms with Crippen LogP contribution in [0.15, 0.2) is 0 Å². The van der Waals surface area contributed by atoms with E-state index in [1.807, 2.05) is 6.92 Å². The summed E-state index contributed by atoms with van der Waals surface area (Å²) in [6.07, 6.45) is 1.57. The molecular weight excluding hydrogens is 196 g/mol. The number of carboxylic acid groups (broad SMARTS) is 1. The van der Waals surface area contributed by atoms with Crippen molar-refractivity contribution in [1.29, 1.82) is 0 Å². The summed E-state index contributed by atoms with van der Waals surface area (Å²) in [6.45, 7) is 4.10. The van der Waals surface area contributed by atoms with Gasteiger partial charge in [-0.3, -0.25) is 9.59 Å². The van der Waals surface area contributed by atoms with Gasteiger partial charge in [-0.1, -0.05) is 20.3 Å². The molecule has 0 aliphatic heterocycles. The molecule has 0 aliphatic carbocycles. The highest BCUT2D eigenvalue weighted by Gasteiger charge is 2.14. The van der Waals surface area contributed by atoms with Crippen LogP contribution in [0.1, 0.15) is 33.1 Å². The number of amides is 1. The molecule has 0 saturated heterocycles. The van der Waals surface area contributed by atoms with Gasteiger partial charge in [0.1, 0.15) is 0 Å². The lowest BCUT2D eigenvalue weighted by Crippen LogP contribution is -2.42. The quantitative estimate of drug-likeness (QED) is 0.572. The SMILES string of the molecule is CCC[C@H](N)C(=O)NCC(C)CC(=O)O. The highest BCUT2D eigenvalue weighted by atomic mass is 16.4. The summed E-state index contributed by atoms with van der Waals surface area (Å²) in [7, 11) is 0. The summed E-state index contributed by atoms with van der Waals surface area (Å²) >= 11 is 0. The third kappa shape index (κ3) is 6.90. The minimum Gasteiger partial charge on any atom is -0.481 e. The van der Waals surface area contributed by atoms with Gasteiger partial charge in [-0.05, 0) is 12.3 Å².